The fraction of sp³-hybridized carbons (Fsp3) is 0.353. The molecule has 0 bridgehead atoms. The van der Waals surface area contributed by atoms with E-state index in [9.17, 15) is 0 Å². The van der Waals surface area contributed by atoms with Gasteiger partial charge >= 0.3 is 0 Å². The van der Waals surface area contributed by atoms with E-state index < -0.39 is 0 Å². The first-order chi connectivity index (χ1) is 10.3. The highest BCUT2D eigenvalue weighted by atomic mass is 32.1. The van der Waals surface area contributed by atoms with Gasteiger partial charge in [-0.1, -0.05) is 30.0 Å². The Morgan fingerprint density at radius 3 is 2.86 bits per heavy atom. The molecule has 0 amide bonds. The van der Waals surface area contributed by atoms with Crippen LogP contribution in [0.25, 0.3) is 0 Å². The highest BCUT2D eigenvalue weighted by Crippen LogP contribution is 2.20. The number of nitrogens with zero attached hydrogens (tertiary/aromatic N) is 3. The maximum Gasteiger partial charge on any atom is 0.185 e. The van der Waals surface area contributed by atoms with Gasteiger partial charge in [0, 0.05) is 42.8 Å². The standard InChI is InChI=1S/C17H19N3S/c1-15-14-20(17-18-9-13-21-17)12-11-19(15)10-5-8-16-6-3-2-4-7-16/h2-4,6-7,9,13,15H,10-12,14H2,1H3/t15-/m0/s1. The number of hydrogen-bond acceptors (Lipinski definition) is 4. The Morgan fingerprint density at radius 2 is 2.14 bits per heavy atom. The molecule has 1 aromatic heterocycles. The van der Waals surface area contributed by atoms with Gasteiger partial charge in [0.1, 0.15) is 0 Å². The maximum atomic E-state index is 4.40. The fourth-order valence-corrected chi connectivity index (χ4v) is 3.22. The van der Waals surface area contributed by atoms with E-state index >= 15 is 0 Å². The van der Waals surface area contributed by atoms with Crippen LogP contribution < -0.4 is 4.90 Å². The van der Waals surface area contributed by atoms with Crippen molar-refractivity contribution >= 4 is 16.5 Å². The van der Waals surface area contributed by atoms with Gasteiger partial charge in [-0.15, -0.1) is 11.3 Å². The molecule has 1 saturated heterocycles. The van der Waals surface area contributed by atoms with Crippen molar-refractivity contribution in [1.82, 2.24) is 9.88 Å². The number of aromatic nitrogens is 1. The Labute approximate surface area is 130 Å². The molecule has 4 heteroatoms. The van der Waals surface area contributed by atoms with Gasteiger partial charge in [-0.25, -0.2) is 4.98 Å². The maximum absolute atomic E-state index is 4.40. The third-order valence-electron chi connectivity index (χ3n) is 3.74. The molecule has 108 valence electrons. The first-order valence-corrected chi connectivity index (χ1v) is 8.13. The number of piperazine rings is 1. The zero-order valence-corrected chi connectivity index (χ0v) is 13.0. The van der Waals surface area contributed by atoms with Gasteiger partial charge in [0.25, 0.3) is 0 Å². The number of rotatable bonds is 2. The molecule has 0 unspecified atom stereocenters. The lowest BCUT2D eigenvalue weighted by Gasteiger charge is -2.38. The topological polar surface area (TPSA) is 19.4 Å². The third kappa shape index (κ3) is 3.63. The van der Waals surface area contributed by atoms with Crippen LogP contribution in [0.5, 0.6) is 0 Å². The first-order valence-electron chi connectivity index (χ1n) is 7.25. The summed E-state index contributed by atoms with van der Waals surface area (Å²) in [7, 11) is 0. The van der Waals surface area contributed by atoms with Gasteiger partial charge in [-0.05, 0) is 19.1 Å². The number of benzene rings is 1. The lowest BCUT2D eigenvalue weighted by molar-refractivity contribution is 0.213. The molecule has 0 aliphatic carbocycles. The molecule has 1 aromatic carbocycles. The zero-order valence-electron chi connectivity index (χ0n) is 12.2. The van der Waals surface area contributed by atoms with Crippen molar-refractivity contribution in [3.63, 3.8) is 0 Å². The summed E-state index contributed by atoms with van der Waals surface area (Å²) in [4.78, 5) is 9.22. The van der Waals surface area contributed by atoms with E-state index in [-0.39, 0.29) is 0 Å². The van der Waals surface area contributed by atoms with E-state index in [1.165, 1.54) is 0 Å². The Balaban J connectivity index is 1.55. The molecular weight excluding hydrogens is 278 g/mol. The van der Waals surface area contributed by atoms with Crippen molar-refractivity contribution in [2.75, 3.05) is 31.1 Å². The minimum atomic E-state index is 0.507. The molecule has 2 heterocycles. The second-order valence-corrected chi connectivity index (χ2v) is 6.12. The number of thiazole rings is 1. The molecule has 1 aliphatic rings. The van der Waals surface area contributed by atoms with E-state index in [2.05, 4.69) is 45.7 Å². The van der Waals surface area contributed by atoms with Crippen LogP contribution in [0.2, 0.25) is 0 Å². The zero-order chi connectivity index (χ0) is 14.5. The summed E-state index contributed by atoms with van der Waals surface area (Å²) >= 11 is 1.72. The van der Waals surface area contributed by atoms with Crippen LogP contribution in [-0.4, -0.2) is 42.1 Å². The average Bonchev–Trinajstić information content (AvgIpc) is 3.04. The predicted octanol–water partition coefficient (Wildman–Crippen LogP) is 2.71. The molecule has 0 N–H and O–H groups in total. The summed E-state index contributed by atoms with van der Waals surface area (Å²) in [6, 6.07) is 10.7. The summed E-state index contributed by atoms with van der Waals surface area (Å²) in [5, 5.41) is 3.18. The van der Waals surface area contributed by atoms with E-state index in [0.29, 0.717) is 6.04 Å². The SMILES string of the molecule is C[C@H]1CN(c2nccs2)CCN1CC#Cc1ccccc1. The van der Waals surface area contributed by atoms with Crippen LogP contribution in [0, 0.1) is 11.8 Å². The van der Waals surface area contributed by atoms with E-state index in [4.69, 9.17) is 0 Å². The second-order valence-electron chi connectivity index (χ2n) is 5.25. The van der Waals surface area contributed by atoms with Crippen LogP contribution in [-0.2, 0) is 0 Å². The molecule has 0 saturated carbocycles. The largest absolute Gasteiger partial charge is 0.345 e. The van der Waals surface area contributed by atoms with Crippen molar-refractivity contribution in [2.24, 2.45) is 0 Å². The Bertz CT molecular complexity index is 612. The van der Waals surface area contributed by atoms with Gasteiger partial charge in [0.2, 0.25) is 0 Å². The summed E-state index contributed by atoms with van der Waals surface area (Å²) in [6.07, 6.45) is 1.88. The molecule has 0 radical (unpaired) electrons. The Morgan fingerprint density at radius 1 is 1.29 bits per heavy atom. The number of hydrogen-bond donors (Lipinski definition) is 0. The molecule has 3 rings (SSSR count). The van der Waals surface area contributed by atoms with Crippen molar-refractivity contribution < 1.29 is 0 Å². The summed E-state index contributed by atoms with van der Waals surface area (Å²) in [5.74, 6) is 6.53. The fourth-order valence-electron chi connectivity index (χ4n) is 2.54. The second kappa shape index (κ2) is 6.75. The van der Waals surface area contributed by atoms with Crippen molar-refractivity contribution in [3.05, 3.63) is 47.5 Å². The lowest BCUT2D eigenvalue weighted by Crippen LogP contribution is -2.52. The summed E-state index contributed by atoms with van der Waals surface area (Å²) in [5.41, 5.74) is 1.09. The van der Waals surface area contributed by atoms with Gasteiger partial charge in [0.15, 0.2) is 5.13 Å². The molecule has 21 heavy (non-hydrogen) atoms. The van der Waals surface area contributed by atoms with Crippen LogP contribution in [0.15, 0.2) is 41.9 Å². The Hall–Kier alpha value is -1.83. The van der Waals surface area contributed by atoms with Gasteiger partial charge < -0.3 is 4.90 Å². The van der Waals surface area contributed by atoms with Gasteiger partial charge in [0.05, 0.1) is 6.54 Å². The Kier molecular flexibility index (Phi) is 4.54. The van der Waals surface area contributed by atoms with Gasteiger partial charge in [-0.2, -0.15) is 0 Å². The van der Waals surface area contributed by atoms with Crippen molar-refractivity contribution in [1.29, 1.82) is 0 Å². The summed E-state index contributed by atoms with van der Waals surface area (Å²) < 4.78 is 0. The van der Waals surface area contributed by atoms with Crippen LogP contribution in [0.4, 0.5) is 5.13 Å². The van der Waals surface area contributed by atoms with Crippen molar-refractivity contribution in [2.45, 2.75) is 13.0 Å². The highest BCUT2D eigenvalue weighted by Gasteiger charge is 2.23. The smallest absolute Gasteiger partial charge is 0.185 e. The highest BCUT2D eigenvalue weighted by molar-refractivity contribution is 7.13. The molecule has 0 spiro atoms. The third-order valence-corrected chi connectivity index (χ3v) is 4.58. The predicted molar refractivity (Wildman–Crippen MR) is 88.7 cm³/mol. The van der Waals surface area contributed by atoms with Gasteiger partial charge in [-0.3, -0.25) is 4.90 Å². The van der Waals surface area contributed by atoms with E-state index in [1.807, 2.05) is 29.8 Å². The average molecular weight is 297 g/mol. The van der Waals surface area contributed by atoms with E-state index in [0.717, 1.165) is 36.9 Å². The van der Waals surface area contributed by atoms with Crippen LogP contribution >= 0.6 is 11.3 Å². The normalized spacial score (nSPS) is 19.1. The minimum absolute atomic E-state index is 0.507. The molecule has 1 fully saturated rings. The monoisotopic (exact) mass is 297 g/mol. The minimum Gasteiger partial charge on any atom is -0.345 e. The summed E-state index contributed by atoms with van der Waals surface area (Å²) in [6.45, 7) is 6.21. The quantitative estimate of drug-likeness (QED) is 0.795. The number of anilines is 1. The molecule has 3 nitrogen and oxygen atoms in total. The van der Waals surface area contributed by atoms with Crippen LogP contribution in [0.1, 0.15) is 12.5 Å². The van der Waals surface area contributed by atoms with E-state index in [1.54, 1.807) is 11.3 Å². The first kappa shape index (κ1) is 14.1. The molecular formula is C17H19N3S. The lowest BCUT2D eigenvalue weighted by atomic mass is 10.2. The van der Waals surface area contributed by atoms with Crippen molar-refractivity contribution in [3.8, 4) is 11.8 Å². The molecule has 1 atom stereocenters. The molecule has 1 aliphatic heterocycles. The van der Waals surface area contributed by atoms with Crippen LogP contribution in [0.3, 0.4) is 0 Å². The molecule has 2 aromatic rings.